The van der Waals surface area contributed by atoms with Crippen LogP contribution in [0.5, 0.6) is 5.75 Å². The Balaban J connectivity index is 1.83. The molecular weight excluding hydrogens is 306 g/mol. The number of carbonyl (C=O) groups is 1. The van der Waals surface area contributed by atoms with Crippen molar-refractivity contribution in [3.8, 4) is 5.75 Å². The standard InChI is InChI=1S/C19H23NO2S/c1-14(2)22-18-11-9-17(10-12-18)20-19(21)15(3)23-13-16-7-5-4-6-8-16/h4-12,14-15H,13H2,1-3H3,(H,20,21)/t15-/m1/s1. The Morgan fingerprint density at radius 3 is 2.30 bits per heavy atom. The van der Waals surface area contributed by atoms with Gasteiger partial charge < -0.3 is 10.1 Å². The molecule has 0 fully saturated rings. The fourth-order valence-electron chi connectivity index (χ4n) is 2.00. The number of carbonyl (C=O) groups excluding carboxylic acids is 1. The van der Waals surface area contributed by atoms with Gasteiger partial charge in [-0.05, 0) is 50.6 Å². The fraction of sp³-hybridized carbons (Fsp3) is 0.316. The molecule has 0 bridgehead atoms. The summed E-state index contributed by atoms with van der Waals surface area (Å²) >= 11 is 1.63. The van der Waals surface area contributed by atoms with Crippen LogP contribution in [0.15, 0.2) is 54.6 Å². The molecule has 0 aliphatic carbocycles. The number of hydrogen-bond donors (Lipinski definition) is 1. The summed E-state index contributed by atoms with van der Waals surface area (Å²) in [5, 5.41) is 2.83. The summed E-state index contributed by atoms with van der Waals surface area (Å²) in [5.74, 6) is 1.66. The third-order valence-electron chi connectivity index (χ3n) is 3.21. The topological polar surface area (TPSA) is 38.3 Å². The van der Waals surface area contributed by atoms with Crippen LogP contribution in [0.25, 0.3) is 0 Å². The van der Waals surface area contributed by atoms with E-state index < -0.39 is 0 Å². The molecule has 0 unspecified atom stereocenters. The van der Waals surface area contributed by atoms with E-state index in [1.54, 1.807) is 11.8 Å². The van der Waals surface area contributed by atoms with Gasteiger partial charge in [0.25, 0.3) is 0 Å². The first-order valence-corrected chi connectivity index (χ1v) is 8.82. The summed E-state index contributed by atoms with van der Waals surface area (Å²) in [7, 11) is 0. The van der Waals surface area contributed by atoms with Crippen molar-refractivity contribution in [1.29, 1.82) is 0 Å². The molecule has 2 aromatic carbocycles. The van der Waals surface area contributed by atoms with Crippen LogP contribution in [0.4, 0.5) is 5.69 Å². The van der Waals surface area contributed by atoms with Crippen molar-refractivity contribution in [2.24, 2.45) is 0 Å². The van der Waals surface area contributed by atoms with Crippen molar-refractivity contribution in [1.82, 2.24) is 0 Å². The SMILES string of the molecule is CC(C)Oc1ccc(NC(=O)[C@@H](C)SCc2ccccc2)cc1. The molecule has 1 N–H and O–H groups in total. The van der Waals surface area contributed by atoms with Crippen LogP contribution in [0, 0.1) is 0 Å². The van der Waals surface area contributed by atoms with Gasteiger partial charge in [0.15, 0.2) is 0 Å². The number of amides is 1. The predicted octanol–water partition coefficient (Wildman–Crippen LogP) is 4.73. The van der Waals surface area contributed by atoms with Gasteiger partial charge >= 0.3 is 0 Å². The Labute approximate surface area is 142 Å². The number of anilines is 1. The van der Waals surface area contributed by atoms with Gasteiger partial charge in [-0.1, -0.05) is 30.3 Å². The van der Waals surface area contributed by atoms with Crippen LogP contribution in [-0.2, 0) is 10.5 Å². The van der Waals surface area contributed by atoms with Crippen molar-refractivity contribution in [3.05, 3.63) is 60.2 Å². The van der Waals surface area contributed by atoms with Gasteiger partial charge in [-0.25, -0.2) is 0 Å². The quantitative estimate of drug-likeness (QED) is 0.798. The smallest absolute Gasteiger partial charge is 0.237 e. The zero-order chi connectivity index (χ0) is 16.7. The molecule has 0 aliphatic heterocycles. The van der Waals surface area contributed by atoms with Gasteiger partial charge in [0.1, 0.15) is 5.75 Å². The molecular formula is C19H23NO2S. The highest BCUT2D eigenvalue weighted by Crippen LogP contribution is 2.21. The normalized spacial score (nSPS) is 12.0. The molecule has 0 spiro atoms. The second-order valence-corrected chi connectivity index (χ2v) is 6.95. The minimum atomic E-state index is -0.109. The van der Waals surface area contributed by atoms with Gasteiger partial charge in [0.05, 0.1) is 11.4 Å². The van der Waals surface area contributed by atoms with Crippen molar-refractivity contribution in [2.75, 3.05) is 5.32 Å². The Hall–Kier alpha value is -1.94. The Kier molecular flexibility index (Phi) is 6.53. The molecule has 3 nitrogen and oxygen atoms in total. The first-order chi connectivity index (χ1) is 11.0. The molecule has 2 rings (SSSR count). The summed E-state index contributed by atoms with van der Waals surface area (Å²) in [6.45, 7) is 5.90. The highest BCUT2D eigenvalue weighted by atomic mass is 32.2. The lowest BCUT2D eigenvalue weighted by molar-refractivity contribution is -0.115. The van der Waals surface area contributed by atoms with Crippen LogP contribution in [0.2, 0.25) is 0 Å². The molecule has 1 atom stereocenters. The molecule has 1 amide bonds. The van der Waals surface area contributed by atoms with Crippen molar-refractivity contribution < 1.29 is 9.53 Å². The number of thioether (sulfide) groups is 1. The van der Waals surface area contributed by atoms with Gasteiger partial charge in [-0.2, -0.15) is 0 Å². The Morgan fingerprint density at radius 1 is 1.04 bits per heavy atom. The van der Waals surface area contributed by atoms with Crippen molar-refractivity contribution in [3.63, 3.8) is 0 Å². The Morgan fingerprint density at radius 2 is 1.70 bits per heavy atom. The third kappa shape index (κ3) is 5.99. The molecule has 2 aromatic rings. The average molecular weight is 329 g/mol. The van der Waals surface area contributed by atoms with Gasteiger partial charge in [0.2, 0.25) is 5.91 Å². The highest BCUT2D eigenvalue weighted by molar-refractivity contribution is 7.99. The second kappa shape index (κ2) is 8.63. The van der Waals surface area contributed by atoms with E-state index in [1.807, 2.05) is 63.2 Å². The minimum Gasteiger partial charge on any atom is -0.491 e. The van der Waals surface area contributed by atoms with E-state index in [0.717, 1.165) is 17.2 Å². The van der Waals surface area contributed by atoms with E-state index in [1.165, 1.54) is 5.56 Å². The summed E-state index contributed by atoms with van der Waals surface area (Å²) in [6.07, 6.45) is 0.143. The number of benzene rings is 2. The number of rotatable bonds is 7. The van der Waals surface area contributed by atoms with Gasteiger partial charge in [0, 0.05) is 11.4 Å². The van der Waals surface area contributed by atoms with E-state index in [2.05, 4.69) is 17.4 Å². The van der Waals surface area contributed by atoms with E-state index in [0.29, 0.717) is 0 Å². The monoisotopic (exact) mass is 329 g/mol. The van der Waals surface area contributed by atoms with E-state index >= 15 is 0 Å². The first-order valence-electron chi connectivity index (χ1n) is 7.77. The van der Waals surface area contributed by atoms with Crippen LogP contribution in [0.3, 0.4) is 0 Å². The zero-order valence-electron chi connectivity index (χ0n) is 13.8. The maximum Gasteiger partial charge on any atom is 0.237 e. The van der Waals surface area contributed by atoms with E-state index in [-0.39, 0.29) is 17.3 Å². The largest absolute Gasteiger partial charge is 0.491 e. The number of ether oxygens (including phenoxy) is 1. The lowest BCUT2D eigenvalue weighted by Gasteiger charge is -2.13. The molecule has 4 heteroatoms. The average Bonchev–Trinajstić information content (AvgIpc) is 2.55. The van der Waals surface area contributed by atoms with Gasteiger partial charge in [-0.3, -0.25) is 4.79 Å². The van der Waals surface area contributed by atoms with Crippen LogP contribution < -0.4 is 10.1 Å². The lowest BCUT2D eigenvalue weighted by atomic mass is 10.2. The maximum absolute atomic E-state index is 12.2. The predicted molar refractivity (Wildman–Crippen MR) is 98.0 cm³/mol. The first kappa shape index (κ1) is 17.4. The molecule has 0 radical (unpaired) electrons. The number of hydrogen-bond acceptors (Lipinski definition) is 3. The molecule has 0 saturated heterocycles. The molecule has 0 saturated carbocycles. The summed E-state index contributed by atoms with van der Waals surface area (Å²) in [6, 6.07) is 17.7. The fourth-order valence-corrected chi connectivity index (χ4v) is 2.85. The maximum atomic E-state index is 12.2. The molecule has 23 heavy (non-hydrogen) atoms. The number of nitrogens with one attached hydrogen (secondary N) is 1. The van der Waals surface area contributed by atoms with Gasteiger partial charge in [-0.15, -0.1) is 11.8 Å². The summed E-state index contributed by atoms with van der Waals surface area (Å²) in [5.41, 5.74) is 2.02. The van der Waals surface area contributed by atoms with Crippen LogP contribution in [-0.4, -0.2) is 17.3 Å². The molecule has 0 aliphatic rings. The lowest BCUT2D eigenvalue weighted by Crippen LogP contribution is -2.22. The van der Waals surface area contributed by atoms with E-state index in [4.69, 9.17) is 4.74 Å². The molecule has 0 aromatic heterocycles. The van der Waals surface area contributed by atoms with Crippen molar-refractivity contribution >= 4 is 23.4 Å². The Bertz CT molecular complexity index is 611. The summed E-state index contributed by atoms with van der Waals surface area (Å²) < 4.78 is 5.59. The summed E-state index contributed by atoms with van der Waals surface area (Å²) in [4.78, 5) is 12.2. The highest BCUT2D eigenvalue weighted by Gasteiger charge is 2.13. The molecule has 122 valence electrons. The van der Waals surface area contributed by atoms with Crippen LogP contribution in [0.1, 0.15) is 26.3 Å². The van der Waals surface area contributed by atoms with Crippen LogP contribution >= 0.6 is 11.8 Å². The minimum absolute atomic E-state index is 0.0171. The third-order valence-corrected chi connectivity index (χ3v) is 4.42. The zero-order valence-corrected chi connectivity index (χ0v) is 14.6. The van der Waals surface area contributed by atoms with Crippen molar-refractivity contribution in [2.45, 2.75) is 37.9 Å². The second-order valence-electron chi connectivity index (χ2n) is 5.62. The molecule has 0 heterocycles. The van der Waals surface area contributed by atoms with E-state index in [9.17, 15) is 4.79 Å².